The first-order valence-corrected chi connectivity index (χ1v) is 7.49. The van der Waals surface area contributed by atoms with Gasteiger partial charge in [-0.15, -0.1) is 0 Å². The van der Waals surface area contributed by atoms with Crippen LogP contribution in [0.5, 0.6) is 5.88 Å². The predicted molar refractivity (Wildman–Crippen MR) is 85.5 cm³/mol. The molecule has 5 nitrogen and oxygen atoms in total. The molecule has 0 bridgehead atoms. The first-order chi connectivity index (χ1) is 10.2. The Bertz CT molecular complexity index is 994. The number of rotatable bonds is 2. The second-order valence-corrected chi connectivity index (χ2v) is 5.90. The maximum absolute atomic E-state index is 5.15. The zero-order valence-corrected chi connectivity index (χ0v) is 12.7. The number of hydrogen-bond acceptors (Lipinski definition) is 5. The minimum absolute atomic E-state index is 0.614. The number of H-pyrrole nitrogens is 1. The molecule has 0 aliphatic carbocycles. The molecule has 4 rings (SSSR count). The molecule has 1 N–H and O–H groups in total. The highest BCUT2D eigenvalue weighted by Gasteiger charge is 2.11. The molecule has 0 aromatic carbocycles. The molecule has 0 aliphatic heterocycles. The number of aromatic nitrogens is 4. The number of hydrogen-bond donors (Lipinski definition) is 1. The number of thiazole rings is 1. The lowest BCUT2D eigenvalue weighted by Gasteiger charge is -1.97. The van der Waals surface area contributed by atoms with Crippen molar-refractivity contribution in [2.45, 2.75) is 0 Å². The standard InChI is InChI=1S/C14H10N4OS2/c1-19-11-4-3-10-13(17-11)21-14-16-9(7-18(10)14)8-2-5-12(20)15-6-8/h2-7H,1H3,(H,15,20). The van der Waals surface area contributed by atoms with Crippen LogP contribution in [0.4, 0.5) is 0 Å². The fraction of sp³-hybridized carbons (Fsp3) is 0.0714. The summed E-state index contributed by atoms with van der Waals surface area (Å²) in [5.74, 6) is 0.614. The van der Waals surface area contributed by atoms with Gasteiger partial charge >= 0.3 is 0 Å². The number of ether oxygens (including phenoxy) is 1. The molecule has 21 heavy (non-hydrogen) atoms. The van der Waals surface area contributed by atoms with Crippen LogP contribution in [0, 0.1) is 4.64 Å². The number of aromatic amines is 1. The van der Waals surface area contributed by atoms with Gasteiger partial charge in [-0.25, -0.2) is 9.97 Å². The minimum Gasteiger partial charge on any atom is -0.481 e. The molecule has 0 amide bonds. The van der Waals surface area contributed by atoms with E-state index in [9.17, 15) is 0 Å². The van der Waals surface area contributed by atoms with E-state index >= 15 is 0 Å². The molecule has 0 unspecified atom stereocenters. The number of fused-ring (bicyclic) bond motifs is 3. The molecule has 4 heterocycles. The molecule has 4 aromatic rings. The van der Waals surface area contributed by atoms with Crippen molar-refractivity contribution >= 4 is 38.9 Å². The predicted octanol–water partition coefficient (Wildman–Crippen LogP) is 3.68. The van der Waals surface area contributed by atoms with Gasteiger partial charge in [-0.3, -0.25) is 4.40 Å². The summed E-state index contributed by atoms with van der Waals surface area (Å²) in [4.78, 5) is 13.9. The second kappa shape index (κ2) is 4.64. The molecule has 0 atom stereocenters. The van der Waals surface area contributed by atoms with Gasteiger partial charge in [0.1, 0.15) is 9.47 Å². The van der Waals surface area contributed by atoms with Crippen LogP contribution in [0.25, 0.3) is 26.6 Å². The quantitative estimate of drug-likeness (QED) is 0.574. The van der Waals surface area contributed by atoms with E-state index in [0.717, 1.165) is 26.6 Å². The van der Waals surface area contributed by atoms with Gasteiger partial charge in [0, 0.05) is 24.0 Å². The van der Waals surface area contributed by atoms with Crippen LogP contribution in [0.1, 0.15) is 0 Å². The highest BCUT2D eigenvalue weighted by atomic mass is 32.1. The highest BCUT2D eigenvalue weighted by Crippen LogP contribution is 2.29. The van der Waals surface area contributed by atoms with Crippen molar-refractivity contribution in [1.29, 1.82) is 0 Å². The molecule has 0 aliphatic rings. The van der Waals surface area contributed by atoms with Crippen molar-refractivity contribution in [3.63, 3.8) is 0 Å². The van der Waals surface area contributed by atoms with E-state index in [-0.39, 0.29) is 0 Å². The lowest BCUT2D eigenvalue weighted by molar-refractivity contribution is 0.400. The molecule has 0 saturated carbocycles. The van der Waals surface area contributed by atoms with E-state index < -0.39 is 0 Å². The van der Waals surface area contributed by atoms with Gasteiger partial charge in [-0.05, 0) is 18.2 Å². The third-order valence-electron chi connectivity index (χ3n) is 3.22. The van der Waals surface area contributed by atoms with Crippen molar-refractivity contribution in [3.05, 3.63) is 41.3 Å². The van der Waals surface area contributed by atoms with Gasteiger partial charge in [0.25, 0.3) is 0 Å². The van der Waals surface area contributed by atoms with E-state index in [0.29, 0.717) is 10.5 Å². The molecule has 0 radical (unpaired) electrons. The van der Waals surface area contributed by atoms with E-state index in [2.05, 4.69) is 15.0 Å². The molecular weight excluding hydrogens is 304 g/mol. The van der Waals surface area contributed by atoms with Crippen LogP contribution in [-0.2, 0) is 0 Å². The fourth-order valence-electron chi connectivity index (χ4n) is 2.19. The zero-order chi connectivity index (χ0) is 14.4. The van der Waals surface area contributed by atoms with E-state index in [1.165, 1.54) is 11.3 Å². The van der Waals surface area contributed by atoms with Gasteiger partial charge < -0.3 is 9.72 Å². The van der Waals surface area contributed by atoms with Crippen LogP contribution in [0.3, 0.4) is 0 Å². The first kappa shape index (κ1) is 12.5. The maximum atomic E-state index is 5.15. The van der Waals surface area contributed by atoms with E-state index in [4.69, 9.17) is 17.0 Å². The maximum Gasteiger partial charge on any atom is 0.214 e. The van der Waals surface area contributed by atoms with Crippen LogP contribution < -0.4 is 4.74 Å². The van der Waals surface area contributed by atoms with Crippen LogP contribution >= 0.6 is 23.6 Å². The van der Waals surface area contributed by atoms with Crippen LogP contribution in [0.15, 0.2) is 36.7 Å². The second-order valence-electron chi connectivity index (χ2n) is 4.50. The van der Waals surface area contributed by atoms with Crippen LogP contribution in [-0.4, -0.2) is 26.5 Å². The van der Waals surface area contributed by atoms with Gasteiger partial charge in [0.15, 0.2) is 4.96 Å². The first-order valence-electron chi connectivity index (χ1n) is 6.26. The zero-order valence-electron chi connectivity index (χ0n) is 11.0. The molecule has 104 valence electrons. The normalized spacial score (nSPS) is 11.3. The lowest BCUT2D eigenvalue weighted by atomic mass is 10.2. The SMILES string of the molecule is COc1ccc2c(n1)sc1nc(-c3ccc(=S)[nH]c3)cn12. The van der Waals surface area contributed by atoms with E-state index in [1.54, 1.807) is 7.11 Å². The Morgan fingerprint density at radius 1 is 1.24 bits per heavy atom. The van der Waals surface area contributed by atoms with Gasteiger partial charge in [-0.2, -0.15) is 0 Å². The van der Waals surface area contributed by atoms with Crippen molar-refractivity contribution in [1.82, 2.24) is 19.4 Å². The summed E-state index contributed by atoms with van der Waals surface area (Å²) in [7, 11) is 1.62. The van der Waals surface area contributed by atoms with Gasteiger partial charge in [-0.1, -0.05) is 23.6 Å². The largest absolute Gasteiger partial charge is 0.481 e. The Balaban J connectivity index is 1.90. The number of nitrogens with zero attached hydrogens (tertiary/aromatic N) is 3. The number of methoxy groups -OCH3 is 1. The number of pyridine rings is 2. The Kier molecular flexibility index (Phi) is 2.76. The smallest absolute Gasteiger partial charge is 0.214 e. The fourth-order valence-corrected chi connectivity index (χ4v) is 3.29. The molecule has 0 fully saturated rings. The van der Waals surface area contributed by atoms with Crippen molar-refractivity contribution < 1.29 is 4.74 Å². The Morgan fingerprint density at radius 3 is 2.90 bits per heavy atom. The van der Waals surface area contributed by atoms with Crippen molar-refractivity contribution in [3.8, 4) is 17.1 Å². The monoisotopic (exact) mass is 314 g/mol. The summed E-state index contributed by atoms with van der Waals surface area (Å²) in [5.41, 5.74) is 2.94. The molecule has 0 saturated heterocycles. The summed E-state index contributed by atoms with van der Waals surface area (Å²) >= 11 is 6.60. The number of nitrogens with one attached hydrogen (secondary N) is 1. The molecule has 0 spiro atoms. The third kappa shape index (κ3) is 2.01. The van der Waals surface area contributed by atoms with Crippen LogP contribution in [0.2, 0.25) is 0 Å². The third-order valence-corrected chi connectivity index (χ3v) is 4.44. The summed E-state index contributed by atoms with van der Waals surface area (Å²) < 4.78 is 7.91. The molecule has 7 heteroatoms. The minimum atomic E-state index is 0.614. The summed E-state index contributed by atoms with van der Waals surface area (Å²) in [6.07, 6.45) is 3.88. The number of imidazole rings is 1. The average Bonchev–Trinajstić information content (AvgIpc) is 3.04. The van der Waals surface area contributed by atoms with Crippen molar-refractivity contribution in [2.24, 2.45) is 0 Å². The van der Waals surface area contributed by atoms with Crippen molar-refractivity contribution in [2.75, 3.05) is 7.11 Å². The topological polar surface area (TPSA) is 55.2 Å². The highest BCUT2D eigenvalue weighted by molar-refractivity contribution is 7.71. The average molecular weight is 314 g/mol. The molecular formula is C14H10N4OS2. The Labute approximate surface area is 128 Å². The summed E-state index contributed by atoms with van der Waals surface area (Å²) in [6, 6.07) is 7.68. The summed E-state index contributed by atoms with van der Waals surface area (Å²) in [5, 5.41) is 0. The summed E-state index contributed by atoms with van der Waals surface area (Å²) in [6.45, 7) is 0. The van der Waals surface area contributed by atoms with Gasteiger partial charge in [0.2, 0.25) is 5.88 Å². The van der Waals surface area contributed by atoms with E-state index in [1.807, 2.05) is 41.1 Å². The lowest BCUT2D eigenvalue weighted by Crippen LogP contribution is -1.86. The molecule has 4 aromatic heterocycles. The Hall–Kier alpha value is -2.25. The Morgan fingerprint density at radius 2 is 2.14 bits per heavy atom. The van der Waals surface area contributed by atoms with Gasteiger partial charge in [0.05, 0.1) is 18.3 Å².